The Balaban J connectivity index is 2.79. The molecule has 1 unspecified atom stereocenters. The maximum Gasteiger partial charge on any atom is 0.251 e. The van der Waals surface area contributed by atoms with Crippen LogP contribution in [0.15, 0.2) is 30.3 Å². The van der Waals surface area contributed by atoms with E-state index in [2.05, 4.69) is 0 Å². The number of hydrogen-bond acceptors (Lipinski definition) is 2. The van der Waals surface area contributed by atoms with Gasteiger partial charge >= 0.3 is 0 Å². The number of hydrogen-bond donors (Lipinski definition) is 0. The summed E-state index contributed by atoms with van der Waals surface area (Å²) in [6.45, 7) is -0.318. The number of halogens is 2. The van der Waals surface area contributed by atoms with E-state index >= 15 is 0 Å². The highest BCUT2D eigenvalue weighted by Gasteiger charge is 2.19. The molecule has 0 bridgehead atoms. The summed E-state index contributed by atoms with van der Waals surface area (Å²) in [5.74, 6) is 0. The van der Waals surface area contributed by atoms with Crippen molar-refractivity contribution in [3.05, 3.63) is 35.9 Å². The molecule has 0 aliphatic heterocycles. The standard InChI is InChI=1S/C12H14F2N2/c1-16(9-12(13)14)11(7-8-15)10-5-3-2-4-6-10/h2-6,11-12H,7,9H2,1H3. The summed E-state index contributed by atoms with van der Waals surface area (Å²) in [6.07, 6.45) is -2.16. The Morgan fingerprint density at radius 1 is 1.31 bits per heavy atom. The summed E-state index contributed by atoms with van der Waals surface area (Å²) in [4.78, 5) is 1.52. The fraction of sp³-hybridized carbons (Fsp3) is 0.417. The molecular weight excluding hydrogens is 210 g/mol. The number of alkyl halides is 2. The molecule has 16 heavy (non-hydrogen) atoms. The van der Waals surface area contributed by atoms with Crippen molar-refractivity contribution >= 4 is 0 Å². The smallest absolute Gasteiger partial charge is 0.251 e. The van der Waals surface area contributed by atoms with Gasteiger partial charge in [0, 0.05) is 6.04 Å². The quantitative estimate of drug-likeness (QED) is 0.769. The minimum absolute atomic E-state index is 0.216. The van der Waals surface area contributed by atoms with E-state index in [1.807, 2.05) is 36.4 Å². The molecule has 0 heterocycles. The van der Waals surface area contributed by atoms with Gasteiger partial charge in [0.05, 0.1) is 19.0 Å². The fourth-order valence-corrected chi connectivity index (χ4v) is 1.63. The predicted molar refractivity (Wildman–Crippen MR) is 58.0 cm³/mol. The first-order chi connectivity index (χ1) is 7.65. The van der Waals surface area contributed by atoms with Gasteiger partial charge in [0.1, 0.15) is 0 Å². The van der Waals surface area contributed by atoms with Crippen molar-refractivity contribution < 1.29 is 8.78 Å². The Morgan fingerprint density at radius 3 is 2.44 bits per heavy atom. The van der Waals surface area contributed by atoms with Crippen LogP contribution in [0.25, 0.3) is 0 Å². The topological polar surface area (TPSA) is 27.0 Å². The van der Waals surface area contributed by atoms with Crippen LogP contribution in [0.1, 0.15) is 18.0 Å². The lowest BCUT2D eigenvalue weighted by Crippen LogP contribution is -2.29. The number of rotatable bonds is 5. The Labute approximate surface area is 94.1 Å². The van der Waals surface area contributed by atoms with E-state index in [-0.39, 0.29) is 19.0 Å². The maximum atomic E-state index is 12.3. The van der Waals surface area contributed by atoms with Gasteiger partial charge in [0.2, 0.25) is 0 Å². The van der Waals surface area contributed by atoms with E-state index in [9.17, 15) is 8.78 Å². The molecule has 0 aromatic heterocycles. The van der Waals surface area contributed by atoms with Crippen molar-refractivity contribution in [1.29, 1.82) is 5.26 Å². The van der Waals surface area contributed by atoms with Crippen LogP contribution in [0.2, 0.25) is 0 Å². The van der Waals surface area contributed by atoms with E-state index in [0.29, 0.717) is 0 Å². The molecule has 1 atom stereocenters. The second kappa shape index (κ2) is 6.19. The average Bonchev–Trinajstić information content (AvgIpc) is 2.26. The third kappa shape index (κ3) is 3.59. The molecule has 0 aliphatic carbocycles. The SMILES string of the molecule is CN(CC(F)F)C(CC#N)c1ccccc1. The number of nitrogens with zero attached hydrogens (tertiary/aromatic N) is 2. The second-order valence-corrected chi connectivity index (χ2v) is 3.62. The lowest BCUT2D eigenvalue weighted by molar-refractivity contribution is 0.0813. The molecule has 1 aromatic carbocycles. The largest absolute Gasteiger partial charge is 0.293 e. The van der Waals surface area contributed by atoms with Gasteiger partial charge in [-0.15, -0.1) is 0 Å². The third-order valence-electron chi connectivity index (χ3n) is 2.43. The lowest BCUT2D eigenvalue weighted by atomic mass is 10.0. The number of benzene rings is 1. The van der Waals surface area contributed by atoms with Gasteiger partial charge in [-0.3, -0.25) is 4.90 Å². The molecule has 0 saturated heterocycles. The highest BCUT2D eigenvalue weighted by atomic mass is 19.3. The summed E-state index contributed by atoms with van der Waals surface area (Å²) in [6, 6.07) is 11.0. The number of nitriles is 1. The summed E-state index contributed by atoms with van der Waals surface area (Å²) in [5, 5.41) is 8.72. The zero-order valence-corrected chi connectivity index (χ0v) is 9.11. The summed E-state index contributed by atoms with van der Waals surface area (Å²) in [5.41, 5.74) is 0.896. The van der Waals surface area contributed by atoms with Gasteiger partial charge in [-0.05, 0) is 12.6 Å². The Morgan fingerprint density at radius 2 is 1.94 bits per heavy atom. The normalized spacial score (nSPS) is 12.8. The molecule has 0 amide bonds. The van der Waals surface area contributed by atoms with Crippen molar-refractivity contribution in [2.24, 2.45) is 0 Å². The van der Waals surface area contributed by atoms with Gasteiger partial charge in [0.25, 0.3) is 6.43 Å². The van der Waals surface area contributed by atoms with Crippen LogP contribution in [0.3, 0.4) is 0 Å². The van der Waals surface area contributed by atoms with Crippen LogP contribution in [0.4, 0.5) is 8.78 Å². The van der Waals surface area contributed by atoms with E-state index in [4.69, 9.17) is 5.26 Å². The minimum atomic E-state index is -2.38. The molecule has 2 nitrogen and oxygen atoms in total. The Bertz CT molecular complexity index is 346. The first kappa shape index (κ1) is 12.6. The maximum absolute atomic E-state index is 12.3. The van der Waals surface area contributed by atoms with Crippen molar-refractivity contribution in [1.82, 2.24) is 4.90 Å². The van der Waals surface area contributed by atoms with Crippen molar-refractivity contribution in [2.45, 2.75) is 18.9 Å². The van der Waals surface area contributed by atoms with Gasteiger partial charge in [0.15, 0.2) is 0 Å². The molecule has 4 heteroatoms. The average molecular weight is 224 g/mol. The van der Waals surface area contributed by atoms with E-state index in [1.54, 1.807) is 7.05 Å². The van der Waals surface area contributed by atoms with Crippen molar-refractivity contribution in [2.75, 3.05) is 13.6 Å². The molecule has 86 valence electrons. The van der Waals surface area contributed by atoms with Gasteiger partial charge in [-0.25, -0.2) is 8.78 Å². The van der Waals surface area contributed by atoms with Gasteiger partial charge in [-0.1, -0.05) is 30.3 Å². The molecular formula is C12H14F2N2. The van der Waals surface area contributed by atoms with E-state index in [1.165, 1.54) is 4.90 Å². The van der Waals surface area contributed by atoms with Crippen LogP contribution in [-0.2, 0) is 0 Å². The van der Waals surface area contributed by atoms with E-state index in [0.717, 1.165) is 5.56 Å². The molecule has 0 fully saturated rings. The van der Waals surface area contributed by atoms with Gasteiger partial charge in [-0.2, -0.15) is 5.26 Å². The van der Waals surface area contributed by atoms with Crippen LogP contribution < -0.4 is 0 Å². The van der Waals surface area contributed by atoms with Crippen LogP contribution in [-0.4, -0.2) is 24.9 Å². The third-order valence-corrected chi connectivity index (χ3v) is 2.43. The fourth-order valence-electron chi connectivity index (χ4n) is 1.63. The molecule has 1 rings (SSSR count). The lowest BCUT2D eigenvalue weighted by Gasteiger charge is -2.26. The molecule has 0 saturated carbocycles. The predicted octanol–water partition coefficient (Wildman–Crippen LogP) is 2.84. The molecule has 0 aliphatic rings. The zero-order valence-electron chi connectivity index (χ0n) is 9.11. The summed E-state index contributed by atoms with van der Waals surface area (Å²) in [7, 11) is 1.61. The second-order valence-electron chi connectivity index (χ2n) is 3.62. The Hall–Kier alpha value is -1.47. The first-order valence-corrected chi connectivity index (χ1v) is 5.05. The molecule has 0 N–H and O–H groups in total. The summed E-state index contributed by atoms with van der Waals surface area (Å²) >= 11 is 0. The van der Waals surface area contributed by atoms with Crippen molar-refractivity contribution in [3.8, 4) is 6.07 Å². The monoisotopic (exact) mass is 224 g/mol. The zero-order chi connectivity index (χ0) is 12.0. The molecule has 1 aromatic rings. The van der Waals surface area contributed by atoms with Crippen LogP contribution in [0, 0.1) is 11.3 Å². The van der Waals surface area contributed by atoms with Crippen LogP contribution >= 0.6 is 0 Å². The Kier molecular flexibility index (Phi) is 4.87. The van der Waals surface area contributed by atoms with E-state index < -0.39 is 6.43 Å². The highest BCUT2D eigenvalue weighted by Crippen LogP contribution is 2.22. The van der Waals surface area contributed by atoms with Gasteiger partial charge < -0.3 is 0 Å². The molecule has 0 radical (unpaired) electrons. The van der Waals surface area contributed by atoms with Crippen molar-refractivity contribution in [3.63, 3.8) is 0 Å². The summed E-state index contributed by atoms with van der Waals surface area (Å²) < 4.78 is 24.6. The highest BCUT2D eigenvalue weighted by molar-refractivity contribution is 5.20. The first-order valence-electron chi connectivity index (χ1n) is 5.05. The minimum Gasteiger partial charge on any atom is -0.293 e. The van der Waals surface area contributed by atoms with Crippen LogP contribution in [0.5, 0.6) is 0 Å². The molecule has 0 spiro atoms.